The van der Waals surface area contributed by atoms with Crippen molar-refractivity contribution in [1.82, 2.24) is 23.3 Å². The van der Waals surface area contributed by atoms with Crippen LogP contribution in [-0.4, -0.2) is 47.9 Å². The predicted octanol–water partition coefficient (Wildman–Crippen LogP) is 27.2. The predicted molar refractivity (Wildman–Crippen MR) is 566 cm³/mol. The minimum atomic E-state index is -0.204. The van der Waals surface area contributed by atoms with Gasteiger partial charge in [0.15, 0.2) is 24.7 Å². The van der Waals surface area contributed by atoms with Gasteiger partial charge in [-0.1, -0.05) is 237 Å². The molecule has 4 aromatic heterocycles. The molecule has 10 aromatic carbocycles. The number of hydrogen-bond acceptors (Lipinski definition) is 8. The number of fused-ring (bicyclic) bond motifs is 4. The van der Waals surface area contributed by atoms with Gasteiger partial charge in [0.25, 0.3) is 5.82 Å². The average molecular weight is 1810 g/mol. The van der Waals surface area contributed by atoms with Gasteiger partial charge in [-0.3, -0.25) is 4.90 Å². The summed E-state index contributed by atoms with van der Waals surface area (Å²) in [5, 5.41) is 1.29. The zero-order valence-electron chi connectivity index (χ0n) is 87.4. The molecule has 4 aliphatic heterocycles. The second-order valence-corrected chi connectivity index (χ2v) is 42.1. The number of nitrogens with zero attached hydrogens (tertiary/aromatic N) is 16. The van der Waals surface area contributed by atoms with Crippen molar-refractivity contribution in [3.05, 3.63) is 346 Å². The smallest absolute Gasteiger partial charge is 0.340 e. The Hall–Kier alpha value is -12.6. The minimum Gasteiger partial charge on any atom is -0.340 e. The van der Waals surface area contributed by atoms with Gasteiger partial charge < -0.3 is 19.6 Å². The van der Waals surface area contributed by atoms with Crippen molar-refractivity contribution < 1.29 is 18.4 Å². The van der Waals surface area contributed by atoms with Gasteiger partial charge in [-0.05, 0) is 277 Å². The zero-order valence-corrected chi connectivity index (χ0v) is 87.4. The first kappa shape index (κ1) is 97.0. The normalized spacial score (nSPS) is 16.1. The highest BCUT2D eigenvalue weighted by molar-refractivity contribution is 5.90. The van der Waals surface area contributed by atoms with Gasteiger partial charge >= 0.3 is 17.7 Å². The first-order chi connectivity index (χ1) is 64.0. The van der Waals surface area contributed by atoms with Crippen molar-refractivity contribution >= 4 is 68.6 Å². The van der Waals surface area contributed by atoms with Crippen LogP contribution >= 0.6 is 0 Å². The molecule has 135 heavy (non-hydrogen) atoms. The molecule has 16 nitrogen and oxygen atoms in total. The summed E-state index contributed by atoms with van der Waals surface area (Å²) in [7, 11) is 8.69. The summed E-state index contributed by atoms with van der Waals surface area (Å²) in [6.45, 7) is 66.5. The Bertz CT molecular complexity index is 6370. The van der Waals surface area contributed by atoms with Gasteiger partial charge in [0.2, 0.25) is 5.82 Å². The maximum Gasteiger partial charge on any atom is 0.371 e. The molecule has 0 radical (unpaired) electrons. The van der Waals surface area contributed by atoms with Gasteiger partial charge in [0, 0.05) is 13.1 Å². The molecule has 0 amide bonds. The van der Waals surface area contributed by atoms with E-state index in [4.69, 9.17) is 0 Å². The molecule has 0 saturated carbocycles. The van der Waals surface area contributed by atoms with E-state index >= 15 is 0 Å². The first-order valence-corrected chi connectivity index (χ1v) is 49.5. The van der Waals surface area contributed by atoms with E-state index in [1.54, 1.807) is 0 Å². The molecular weight excluding hydrogens is 1650 g/mol. The topological polar surface area (TPSA) is 61.2 Å². The molecule has 0 spiro atoms. The third-order valence-corrected chi connectivity index (χ3v) is 29.9. The van der Waals surface area contributed by atoms with Gasteiger partial charge in [-0.15, -0.1) is 0 Å². The number of benzene rings is 10. The summed E-state index contributed by atoms with van der Waals surface area (Å²) in [6, 6.07) is 84.8. The van der Waals surface area contributed by atoms with Gasteiger partial charge in [0.1, 0.15) is 54.6 Å². The molecule has 14 aromatic rings. The van der Waals surface area contributed by atoms with Crippen LogP contribution in [0.2, 0.25) is 0 Å². The summed E-state index contributed by atoms with van der Waals surface area (Å²) in [6.07, 6.45) is 16.3. The Morgan fingerprint density at radius 3 is 1.00 bits per heavy atom. The molecule has 0 bridgehead atoms. The van der Waals surface area contributed by atoms with Gasteiger partial charge in [-0.25, -0.2) is 46.8 Å². The van der Waals surface area contributed by atoms with Gasteiger partial charge in [0.05, 0.1) is 101 Å². The highest BCUT2D eigenvalue weighted by Gasteiger charge is 2.52. The van der Waals surface area contributed by atoms with Crippen LogP contribution < -0.4 is 52.7 Å². The fraction of sp³-hybridized carbons (Fsp3) is 0.395. The van der Waals surface area contributed by atoms with Crippen molar-refractivity contribution in [3.63, 3.8) is 0 Å². The lowest BCUT2D eigenvalue weighted by Gasteiger charge is -2.42. The van der Waals surface area contributed by atoms with Crippen LogP contribution in [0.4, 0.5) is 57.7 Å². The van der Waals surface area contributed by atoms with E-state index in [0.29, 0.717) is 35.8 Å². The lowest BCUT2D eigenvalue weighted by atomic mass is 9.88. The van der Waals surface area contributed by atoms with Crippen LogP contribution in [0.3, 0.4) is 0 Å². The molecule has 706 valence electrons. The summed E-state index contributed by atoms with van der Waals surface area (Å²) < 4.78 is 18.8. The van der Waals surface area contributed by atoms with E-state index in [1.165, 1.54) is 153 Å². The number of hydrogen-bond donors (Lipinski definition) is 0. The number of para-hydroxylation sites is 9. The maximum absolute atomic E-state index is 2.60. The molecule has 0 unspecified atom stereocenters. The number of rotatable bonds is 20. The molecule has 0 aliphatic carbocycles. The molecule has 4 atom stereocenters. The second kappa shape index (κ2) is 38.0. The molecule has 18 rings (SSSR count). The molecule has 0 saturated heterocycles. The van der Waals surface area contributed by atoms with Gasteiger partial charge in [-0.2, -0.15) is 4.68 Å². The molecule has 16 heteroatoms. The highest BCUT2D eigenvalue weighted by Crippen LogP contribution is 2.55. The molecular formula is C119H154N16+4. The maximum atomic E-state index is 2.60. The fourth-order valence-electron chi connectivity index (χ4n) is 23.4. The molecule has 0 N–H and O–H groups in total. The van der Waals surface area contributed by atoms with Crippen molar-refractivity contribution in [1.29, 1.82) is 0 Å². The Morgan fingerprint density at radius 1 is 0.341 bits per heavy atom. The van der Waals surface area contributed by atoms with E-state index in [1.807, 2.05) is 0 Å². The largest absolute Gasteiger partial charge is 0.371 e. The fourth-order valence-corrected chi connectivity index (χ4v) is 23.4. The summed E-state index contributed by atoms with van der Waals surface area (Å²) >= 11 is 0. The number of anilines is 10. The van der Waals surface area contributed by atoms with Crippen molar-refractivity contribution in [2.24, 2.45) is 28.2 Å². The van der Waals surface area contributed by atoms with E-state index < -0.39 is 0 Å². The molecule has 8 heterocycles. The monoisotopic (exact) mass is 1810 g/mol. The lowest BCUT2D eigenvalue weighted by Crippen LogP contribution is -2.51. The van der Waals surface area contributed by atoms with Crippen LogP contribution in [0, 0.1) is 34.6 Å². The van der Waals surface area contributed by atoms with E-state index in [9.17, 15) is 0 Å². The van der Waals surface area contributed by atoms with Crippen molar-refractivity contribution in [2.75, 3.05) is 34.3 Å². The zero-order chi connectivity index (χ0) is 97.4. The third kappa shape index (κ3) is 17.1. The summed E-state index contributed by atoms with van der Waals surface area (Å²) in [5.74, 6) is 7.75. The number of aryl methyl sites for hydroxylation is 6. The molecule has 4 aliphatic rings. The summed E-state index contributed by atoms with van der Waals surface area (Å²) in [4.78, 5) is 20.2. The van der Waals surface area contributed by atoms with E-state index in [-0.39, 0.29) is 46.8 Å². The standard InChI is InChI=1S/2C34H43N4.C26H35N4.C25H33N4/c2*1-23(2)27-16-14-17-28(24(3)4)32(27)36-22-21-35(9)33(36)37-26(6)38(31-20-13-12-19-30(31)37)34(7,8)29-18-11-10-15-25(29)5;1-18(2)28-17-25(27(8)20(28)4)29-21(5)30(24-16-12-11-15-23(24)29)26(6,7)22-14-10-9-13-19(22)3;1-18(2)29-23-15-11-9-13-21(23)24(26(29)7)27-16-17-28(20(27)4)25(5,6)22-14-10-8-12-19(22)3/h2*10-24,26H,1-9H3;9-18,21H,1-8H3;8-18,20H,1-7H3/q4*+1/t2*26-;21-;20-/m1111/s1. The number of imidazole rings is 3. The SMILES string of the molecule is Cc1ccccc1C(C)(C)N1C=CN(c2c3ccccc3n(C(C)C)[n+]2C)[C@H]1C.Cc1ccccc1C(C)(C)N1c2ccccc2N(c2c[n+](C(C)C)c(C)n2C)[C@H]1C.Cc1ccccc1C(C)(C)N1c2ccccc2N(c2n(-c3c(C(C)C)cccc3C(C)C)cc[n+]2C)[C@H]1C.Cc1ccccc1C(C)(C)N1c2ccccc2N(c2n(-c3c(C(C)C)cccc3C(C)C)cc[n+]2C)[C@H]1C. The van der Waals surface area contributed by atoms with E-state index in [2.05, 4.69) is 579 Å². The Labute approximate surface area is 808 Å². The Morgan fingerprint density at radius 2 is 0.659 bits per heavy atom. The Kier molecular flexibility index (Phi) is 27.3. The number of aromatic nitrogens is 8. The Balaban J connectivity index is 0.000000138. The van der Waals surface area contributed by atoms with E-state index in [0.717, 1.165) is 0 Å². The van der Waals surface area contributed by atoms with Crippen LogP contribution in [0.1, 0.15) is 275 Å². The van der Waals surface area contributed by atoms with Crippen LogP contribution in [0.5, 0.6) is 0 Å². The van der Waals surface area contributed by atoms with Crippen LogP contribution in [0.25, 0.3) is 22.3 Å². The lowest BCUT2D eigenvalue weighted by molar-refractivity contribution is -0.741. The second-order valence-electron chi connectivity index (χ2n) is 42.1. The molecule has 0 fully saturated rings. The summed E-state index contributed by atoms with van der Waals surface area (Å²) in [5.41, 5.74) is 27.1. The average Bonchev–Trinajstić information content (AvgIpc) is 1.54. The first-order valence-electron chi connectivity index (χ1n) is 49.5. The highest BCUT2D eigenvalue weighted by atomic mass is 15.5. The van der Waals surface area contributed by atoms with Crippen LogP contribution in [0.15, 0.2) is 274 Å². The van der Waals surface area contributed by atoms with Crippen molar-refractivity contribution in [3.8, 4) is 11.4 Å². The van der Waals surface area contributed by atoms with Crippen molar-refractivity contribution in [2.45, 2.75) is 283 Å². The quantitative estimate of drug-likeness (QED) is 0.0700. The van der Waals surface area contributed by atoms with Crippen LogP contribution in [-0.2, 0) is 50.3 Å². The third-order valence-electron chi connectivity index (χ3n) is 29.9. The minimum absolute atomic E-state index is 0.106.